The third-order valence-corrected chi connectivity index (χ3v) is 5.37. The van der Waals surface area contributed by atoms with Crippen LogP contribution in [0.4, 0.5) is 0 Å². The molecule has 2 atom stereocenters. The largest absolute Gasteiger partial charge is 0.352 e. The summed E-state index contributed by atoms with van der Waals surface area (Å²) in [5, 5.41) is 3.22. The zero-order valence-electron chi connectivity index (χ0n) is 11.3. The highest BCUT2D eigenvalue weighted by Crippen LogP contribution is 2.34. The maximum Gasteiger partial charge on any atom is 0.240 e. The second-order valence-corrected chi connectivity index (χ2v) is 6.56. The molecule has 1 saturated carbocycles. The maximum atomic E-state index is 12.2. The predicted molar refractivity (Wildman–Crippen MR) is 71.1 cm³/mol. The maximum absolute atomic E-state index is 12.2. The van der Waals surface area contributed by atoms with Gasteiger partial charge in [0.1, 0.15) is 0 Å². The first-order valence-corrected chi connectivity index (χ1v) is 7.40. The smallest absolute Gasteiger partial charge is 0.240 e. The third kappa shape index (κ3) is 2.05. The lowest BCUT2D eigenvalue weighted by Gasteiger charge is -2.48. The van der Waals surface area contributed by atoms with Gasteiger partial charge in [0.05, 0.1) is 5.54 Å². The molecule has 3 aliphatic rings. The Balaban J connectivity index is 1.59. The van der Waals surface area contributed by atoms with Crippen LogP contribution in [-0.4, -0.2) is 41.5 Å². The number of amides is 1. The van der Waals surface area contributed by atoms with Crippen LogP contribution in [0.3, 0.4) is 0 Å². The number of fused-ring (bicyclic) bond motifs is 2. The highest BCUT2D eigenvalue weighted by Gasteiger charge is 2.43. The van der Waals surface area contributed by atoms with E-state index in [9.17, 15) is 4.79 Å². The Bertz CT molecular complexity index is 326. The number of rotatable bonds is 2. The summed E-state index contributed by atoms with van der Waals surface area (Å²) in [5.41, 5.74) is 5.54. The molecule has 3 rings (SSSR count). The van der Waals surface area contributed by atoms with E-state index in [1.54, 1.807) is 0 Å². The Kier molecular flexibility index (Phi) is 3.10. The first kappa shape index (κ1) is 12.4. The number of carbonyl (C=O) groups is 1. The molecule has 1 amide bonds. The lowest BCUT2D eigenvalue weighted by atomic mass is 9.76. The molecular weight excluding hydrogens is 226 g/mol. The van der Waals surface area contributed by atoms with E-state index in [1.165, 1.54) is 19.3 Å². The van der Waals surface area contributed by atoms with Crippen molar-refractivity contribution in [3.63, 3.8) is 0 Å². The second-order valence-electron chi connectivity index (χ2n) is 6.56. The lowest BCUT2D eigenvalue weighted by molar-refractivity contribution is -0.130. The van der Waals surface area contributed by atoms with Crippen LogP contribution in [0, 0.1) is 0 Å². The van der Waals surface area contributed by atoms with Gasteiger partial charge >= 0.3 is 0 Å². The average molecular weight is 251 g/mol. The molecule has 2 aliphatic heterocycles. The monoisotopic (exact) mass is 251 g/mol. The average Bonchev–Trinajstić information content (AvgIpc) is 2.27. The molecule has 3 fully saturated rings. The molecule has 0 radical (unpaired) electrons. The van der Waals surface area contributed by atoms with Crippen LogP contribution >= 0.6 is 0 Å². The van der Waals surface area contributed by atoms with E-state index < -0.39 is 5.54 Å². The molecule has 102 valence electrons. The highest BCUT2D eigenvalue weighted by atomic mass is 16.2. The predicted octanol–water partition coefficient (Wildman–Crippen LogP) is 0.999. The number of carbonyl (C=O) groups excluding carboxylic acids is 1. The Hall–Kier alpha value is -0.610. The van der Waals surface area contributed by atoms with Crippen molar-refractivity contribution in [2.45, 2.75) is 75.0 Å². The van der Waals surface area contributed by atoms with Crippen LogP contribution in [0.15, 0.2) is 0 Å². The van der Waals surface area contributed by atoms with E-state index in [4.69, 9.17) is 5.73 Å². The number of hydrogen-bond donors (Lipinski definition) is 2. The molecule has 0 aromatic rings. The third-order valence-electron chi connectivity index (χ3n) is 5.37. The topological polar surface area (TPSA) is 58.4 Å². The van der Waals surface area contributed by atoms with Crippen LogP contribution in [0.2, 0.25) is 0 Å². The highest BCUT2D eigenvalue weighted by molar-refractivity contribution is 5.87. The molecule has 2 heterocycles. The van der Waals surface area contributed by atoms with Crippen molar-refractivity contribution in [1.29, 1.82) is 0 Å². The number of nitrogens with one attached hydrogen (secondary N) is 1. The zero-order valence-corrected chi connectivity index (χ0v) is 11.3. The Morgan fingerprint density at radius 1 is 1.22 bits per heavy atom. The van der Waals surface area contributed by atoms with Crippen LogP contribution in [0.5, 0.6) is 0 Å². The van der Waals surface area contributed by atoms with Gasteiger partial charge in [0, 0.05) is 18.1 Å². The van der Waals surface area contributed by atoms with Crippen LogP contribution < -0.4 is 11.1 Å². The van der Waals surface area contributed by atoms with E-state index >= 15 is 0 Å². The Morgan fingerprint density at radius 3 is 2.33 bits per heavy atom. The second kappa shape index (κ2) is 4.49. The van der Waals surface area contributed by atoms with E-state index in [2.05, 4.69) is 17.3 Å². The Labute approximate surface area is 109 Å². The van der Waals surface area contributed by atoms with Crippen molar-refractivity contribution < 1.29 is 4.79 Å². The van der Waals surface area contributed by atoms with Gasteiger partial charge in [-0.3, -0.25) is 4.79 Å². The molecule has 2 bridgehead atoms. The van der Waals surface area contributed by atoms with Gasteiger partial charge in [-0.05, 0) is 52.0 Å². The lowest BCUT2D eigenvalue weighted by Crippen LogP contribution is -2.62. The van der Waals surface area contributed by atoms with Crippen molar-refractivity contribution in [3.05, 3.63) is 0 Å². The van der Waals surface area contributed by atoms with E-state index in [0.717, 1.165) is 32.1 Å². The molecule has 2 saturated heterocycles. The molecule has 0 aromatic heterocycles. The summed E-state index contributed by atoms with van der Waals surface area (Å²) in [7, 11) is 2.24. The number of hydrogen-bond acceptors (Lipinski definition) is 3. The first-order chi connectivity index (χ1) is 8.58. The number of nitrogens with zero attached hydrogens (tertiary/aromatic N) is 1. The summed E-state index contributed by atoms with van der Waals surface area (Å²) in [4.78, 5) is 14.7. The van der Waals surface area contributed by atoms with Gasteiger partial charge in [-0.15, -0.1) is 0 Å². The summed E-state index contributed by atoms with van der Waals surface area (Å²) >= 11 is 0. The summed E-state index contributed by atoms with van der Waals surface area (Å²) < 4.78 is 0. The summed E-state index contributed by atoms with van der Waals surface area (Å²) in [6, 6.07) is 1.68. The SMILES string of the molecule is CN1C2CCCC1CC(NC(=O)C1(N)CCC1)C2. The van der Waals surface area contributed by atoms with Gasteiger partial charge in [0.25, 0.3) is 0 Å². The fourth-order valence-electron chi connectivity index (χ4n) is 3.85. The molecule has 4 nitrogen and oxygen atoms in total. The van der Waals surface area contributed by atoms with E-state index in [0.29, 0.717) is 18.1 Å². The quantitative estimate of drug-likeness (QED) is 0.770. The van der Waals surface area contributed by atoms with Gasteiger partial charge in [-0.25, -0.2) is 0 Å². The summed E-state index contributed by atoms with van der Waals surface area (Å²) in [5.74, 6) is 0.0985. The normalized spacial score (nSPS) is 38.9. The molecule has 4 heteroatoms. The molecule has 3 N–H and O–H groups in total. The van der Waals surface area contributed by atoms with E-state index in [1.807, 2.05) is 0 Å². The van der Waals surface area contributed by atoms with Crippen molar-refractivity contribution >= 4 is 5.91 Å². The van der Waals surface area contributed by atoms with Crippen molar-refractivity contribution in [3.8, 4) is 0 Å². The summed E-state index contributed by atoms with van der Waals surface area (Å²) in [6.45, 7) is 0. The van der Waals surface area contributed by atoms with Crippen LogP contribution in [0.25, 0.3) is 0 Å². The van der Waals surface area contributed by atoms with Gasteiger partial charge in [0.2, 0.25) is 5.91 Å². The summed E-state index contributed by atoms with van der Waals surface area (Å²) in [6.07, 6.45) is 8.95. The molecular formula is C14H25N3O. The molecule has 0 aromatic carbocycles. The minimum atomic E-state index is -0.543. The van der Waals surface area contributed by atoms with Crippen molar-refractivity contribution in [2.75, 3.05) is 7.05 Å². The first-order valence-electron chi connectivity index (χ1n) is 7.40. The van der Waals surface area contributed by atoms with Gasteiger partial charge in [-0.1, -0.05) is 6.42 Å². The van der Waals surface area contributed by atoms with Gasteiger partial charge in [0.15, 0.2) is 0 Å². The van der Waals surface area contributed by atoms with Crippen molar-refractivity contribution in [1.82, 2.24) is 10.2 Å². The van der Waals surface area contributed by atoms with Crippen molar-refractivity contribution in [2.24, 2.45) is 5.73 Å². The van der Waals surface area contributed by atoms with Crippen LogP contribution in [-0.2, 0) is 4.79 Å². The number of piperidine rings is 2. The fraction of sp³-hybridized carbons (Fsp3) is 0.929. The number of nitrogens with two attached hydrogens (primary N) is 1. The zero-order chi connectivity index (χ0) is 12.8. The van der Waals surface area contributed by atoms with E-state index in [-0.39, 0.29) is 5.91 Å². The molecule has 2 unspecified atom stereocenters. The standard InChI is InChI=1S/C14H25N3O/c1-17-11-4-2-5-12(17)9-10(8-11)16-13(18)14(15)6-3-7-14/h10-12H,2-9,15H2,1H3,(H,16,18). The minimum Gasteiger partial charge on any atom is -0.352 e. The molecule has 0 spiro atoms. The Morgan fingerprint density at radius 2 is 1.83 bits per heavy atom. The van der Waals surface area contributed by atoms with Gasteiger partial charge in [-0.2, -0.15) is 0 Å². The van der Waals surface area contributed by atoms with Gasteiger partial charge < -0.3 is 16.0 Å². The molecule has 18 heavy (non-hydrogen) atoms. The minimum absolute atomic E-state index is 0.0985. The fourth-order valence-corrected chi connectivity index (χ4v) is 3.85. The van der Waals surface area contributed by atoms with Crippen LogP contribution in [0.1, 0.15) is 51.4 Å². The molecule has 1 aliphatic carbocycles.